The molecule has 1 N–H and O–H groups in total. The molecule has 0 amide bonds. The van der Waals surface area contributed by atoms with Crippen LogP contribution in [-0.2, 0) is 16.6 Å². The predicted octanol–water partition coefficient (Wildman–Crippen LogP) is 2.20. The second-order valence-corrected chi connectivity index (χ2v) is 6.15. The SMILES string of the molecule is O=S1(=O)NC(=NCc2ccc(F)cc2F)c2ccccc21. The molecule has 1 aliphatic heterocycles. The van der Waals surface area contributed by atoms with Gasteiger partial charge in [0.25, 0.3) is 10.0 Å². The van der Waals surface area contributed by atoms with Gasteiger partial charge in [-0.1, -0.05) is 18.2 Å². The lowest BCUT2D eigenvalue weighted by molar-refractivity contribution is 0.572. The minimum Gasteiger partial charge on any atom is -0.263 e. The summed E-state index contributed by atoms with van der Waals surface area (Å²) in [6.07, 6.45) is 0. The number of hydrogen-bond donors (Lipinski definition) is 1. The zero-order valence-electron chi connectivity index (χ0n) is 10.7. The topological polar surface area (TPSA) is 58.5 Å². The van der Waals surface area contributed by atoms with Crippen LogP contribution in [0, 0.1) is 11.6 Å². The van der Waals surface area contributed by atoms with Crippen LogP contribution in [0.5, 0.6) is 0 Å². The third-order valence-corrected chi connectivity index (χ3v) is 4.48. The molecule has 2 aromatic rings. The zero-order valence-corrected chi connectivity index (χ0v) is 11.5. The molecule has 0 fully saturated rings. The van der Waals surface area contributed by atoms with Crippen molar-refractivity contribution in [1.29, 1.82) is 0 Å². The van der Waals surface area contributed by atoms with Gasteiger partial charge >= 0.3 is 0 Å². The highest BCUT2D eigenvalue weighted by Gasteiger charge is 2.29. The summed E-state index contributed by atoms with van der Waals surface area (Å²) in [6.45, 7) is -0.0850. The smallest absolute Gasteiger partial charge is 0.263 e. The van der Waals surface area contributed by atoms with Gasteiger partial charge in [-0.25, -0.2) is 17.2 Å². The van der Waals surface area contributed by atoms with Gasteiger partial charge in [-0.15, -0.1) is 0 Å². The van der Waals surface area contributed by atoms with Crippen LogP contribution >= 0.6 is 0 Å². The first-order valence-corrected chi connectivity index (χ1v) is 7.56. The maximum absolute atomic E-state index is 13.5. The van der Waals surface area contributed by atoms with E-state index < -0.39 is 21.7 Å². The number of amidine groups is 1. The Kier molecular flexibility index (Phi) is 3.21. The number of nitrogens with zero attached hydrogens (tertiary/aromatic N) is 1. The van der Waals surface area contributed by atoms with E-state index >= 15 is 0 Å². The molecule has 1 aliphatic rings. The summed E-state index contributed by atoms with van der Waals surface area (Å²) in [5.74, 6) is -1.22. The standard InChI is InChI=1S/C14H10F2N2O2S/c15-10-6-5-9(12(16)7-10)8-17-14-11-3-1-2-4-13(11)21(19,20)18-14/h1-7H,8H2,(H,17,18). The Morgan fingerprint density at radius 1 is 1.10 bits per heavy atom. The number of benzene rings is 2. The van der Waals surface area contributed by atoms with E-state index in [0.717, 1.165) is 12.1 Å². The molecule has 108 valence electrons. The van der Waals surface area contributed by atoms with E-state index in [-0.39, 0.29) is 22.8 Å². The van der Waals surface area contributed by atoms with Gasteiger partial charge in [0, 0.05) is 17.2 Å². The molecule has 0 radical (unpaired) electrons. The molecule has 0 bridgehead atoms. The third-order valence-electron chi connectivity index (χ3n) is 3.09. The molecule has 3 rings (SSSR count). The lowest BCUT2D eigenvalue weighted by Gasteiger charge is -2.01. The highest BCUT2D eigenvalue weighted by Crippen LogP contribution is 2.22. The molecule has 7 heteroatoms. The summed E-state index contributed by atoms with van der Waals surface area (Å²) in [4.78, 5) is 4.23. The summed E-state index contributed by atoms with van der Waals surface area (Å²) in [6, 6.07) is 9.57. The molecular weight excluding hydrogens is 298 g/mol. The van der Waals surface area contributed by atoms with Crippen molar-refractivity contribution in [3.05, 3.63) is 65.2 Å². The van der Waals surface area contributed by atoms with E-state index in [1.807, 2.05) is 0 Å². The molecule has 21 heavy (non-hydrogen) atoms. The van der Waals surface area contributed by atoms with Crippen LogP contribution in [0.4, 0.5) is 8.78 Å². The summed E-state index contributed by atoms with van der Waals surface area (Å²) >= 11 is 0. The molecule has 0 spiro atoms. The molecule has 2 aromatic carbocycles. The first-order valence-electron chi connectivity index (χ1n) is 6.08. The maximum Gasteiger partial charge on any atom is 0.263 e. The quantitative estimate of drug-likeness (QED) is 0.924. The first kappa shape index (κ1) is 13.7. The molecule has 1 heterocycles. The average molecular weight is 308 g/mol. The largest absolute Gasteiger partial charge is 0.263 e. The summed E-state index contributed by atoms with van der Waals surface area (Å²) in [5, 5.41) is 0. The third kappa shape index (κ3) is 2.52. The van der Waals surface area contributed by atoms with Crippen LogP contribution in [0.3, 0.4) is 0 Å². The number of halogens is 2. The Bertz CT molecular complexity index is 848. The van der Waals surface area contributed by atoms with Crippen LogP contribution < -0.4 is 4.72 Å². The molecule has 4 nitrogen and oxygen atoms in total. The van der Waals surface area contributed by atoms with Gasteiger partial charge < -0.3 is 0 Å². The number of rotatable bonds is 2. The molecule has 0 aromatic heterocycles. The number of aliphatic imine (C=N–C) groups is 1. The van der Waals surface area contributed by atoms with Crippen molar-refractivity contribution in [2.24, 2.45) is 4.99 Å². The normalized spacial score (nSPS) is 17.5. The molecule has 0 saturated heterocycles. The highest BCUT2D eigenvalue weighted by atomic mass is 32.2. The van der Waals surface area contributed by atoms with Crippen molar-refractivity contribution in [3.63, 3.8) is 0 Å². The van der Waals surface area contributed by atoms with Crippen molar-refractivity contribution in [1.82, 2.24) is 4.72 Å². The molecule has 0 saturated carbocycles. The van der Waals surface area contributed by atoms with E-state index in [1.54, 1.807) is 18.2 Å². The lowest BCUT2D eigenvalue weighted by atomic mass is 10.2. The Balaban J connectivity index is 1.95. The fourth-order valence-corrected chi connectivity index (χ4v) is 3.32. The van der Waals surface area contributed by atoms with Crippen LogP contribution in [-0.4, -0.2) is 14.3 Å². The van der Waals surface area contributed by atoms with Gasteiger partial charge in [-0.05, 0) is 18.2 Å². The Morgan fingerprint density at radius 2 is 1.86 bits per heavy atom. The Labute approximate surface area is 120 Å². The molecule has 0 unspecified atom stereocenters. The first-order chi connectivity index (χ1) is 9.97. The van der Waals surface area contributed by atoms with E-state index in [2.05, 4.69) is 9.71 Å². The highest BCUT2D eigenvalue weighted by molar-refractivity contribution is 7.90. The minimum absolute atomic E-state index is 0.0850. The van der Waals surface area contributed by atoms with Crippen molar-refractivity contribution >= 4 is 15.9 Å². The summed E-state index contributed by atoms with van der Waals surface area (Å²) in [5.41, 5.74) is 0.632. The molecule has 0 atom stereocenters. The predicted molar refractivity (Wildman–Crippen MR) is 73.4 cm³/mol. The number of nitrogens with one attached hydrogen (secondary N) is 1. The number of sulfonamides is 1. The van der Waals surface area contributed by atoms with Gasteiger partial charge in [-0.3, -0.25) is 9.71 Å². The van der Waals surface area contributed by atoms with Crippen LogP contribution in [0.25, 0.3) is 0 Å². The van der Waals surface area contributed by atoms with Crippen LogP contribution in [0.1, 0.15) is 11.1 Å². The number of fused-ring (bicyclic) bond motifs is 1. The second-order valence-electron chi connectivity index (χ2n) is 4.50. The van der Waals surface area contributed by atoms with Crippen molar-refractivity contribution in [3.8, 4) is 0 Å². The Hall–Kier alpha value is -2.28. The van der Waals surface area contributed by atoms with Crippen molar-refractivity contribution < 1.29 is 17.2 Å². The average Bonchev–Trinajstić information content (AvgIpc) is 2.70. The van der Waals surface area contributed by atoms with E-state index in [1.165, 1.54) is 12.1 Å². The zero-order chi connectivity index (χ0) is 15.0. The molecule has 0 aliphatic carbocycles. The van der Waals surface area contributed by atoms with Gasteiger partial charge in [0.15, 0.2) is 0 Å². The van der Waals surface area contributed by atoms with Gasteiger partial charge in [0.1, 0.15) is 17.5 Å². The van der Waals surface area contributed by atoms with Gasteiger partial charge in [0.2, 0.25) is 0 Å². The van der Waals surface area contributed by atoms with Crippen LogP contribution in [0.2, 0.25) is 0 Å². The van der Waals surface area contributed by atoms with E-state index in [4.69, 9.17) is 0 Å². The maximum atomic E-state index is 13.5. The van der Waals surface area contributed by atoms with Crippen molar-refractivity contribution in [2.45, 2.75) is 11.4 Å². The summed E-state index contributed by atoms with van der Waals surface area (Å²) < 4.78 is 52.4. The Morgan fingerprint density at radius 3 is 2.62 bits per heavy atom. The van der Waals surface area contributed by atoms with Crippen molar-refractivity contribution in [2.75, 3.05) is 0 Å². The lowest BCUT2D eigenvalue weighted by Crippen LogP contribution is -2.22. The van der Waals surface area contributed by atoms with Gasteiger partial charge in [0.05, 0.1) is 11.4 Å². The fraction of sp³-hybridized carbons (Fsp3) is 0.0714. The van der Waals surface area contributed by atoms with E-state index in [0.29, 0.717) is 5.56 Å². The molecular formula is C14H10F2N2O2S. The second kappa shape index (κ2) is 4.92. The fourth-order valence-electron chi connectivity index (χ4n) is 2.07. The van der Waals surface area contributed by atoms with Gasteiger partial charge in [-0.2, -0.15) is 0 Å². The van der Waals surface area contributed by atoms with E-state index in [9.17, 15) is 17.2 Å². The number of hydrogen-bond acceptors (Lipinski definition) is 3. The summed E-state index contributed by atoms with van der Waals surface area (Å²) in [7, 11) is -3.61. The minimum atomic E-state index is -3.61. The monoisotopic (exact) mass is 308 g/mol. The van der Waals surface area contributed by atoms with Crippen LogP contribution in [0.15, 0.2) is 52.4 Å².